The summed E-state index contributed by atoms with van der Waals surface area (Å²) in [5.41, 5.74) is 2.79. The zero-order chi connectivity index (χ0) is 23.8. The molecule has 0 bridgehead atoms. The molecule has 4 aromatic carbocycles. The van der Waals surface area contributed by atoms with E-state index in [1.165, 1.54) is 15.9 Å². The molecule has 0 fully saturated rings. The molecule has 0 N–H and O–H groups in total. The maximum absolute atomic E-state index is 5.50. The van der Waals surface area contributed by atoms with Gasteiger partial charge in [0.2, 0.25) is 0 Å². The third-order valence-electron chi connectivity index (χ3n) is 5.92. The van der Waals surface area contributed by atoms with Crippen molar-refractivity contribution in [2.24, 2.45) is 10.2 Å². The van der Waals surface area contributed by atoms with E-state index in [1.807, 2.05) is 31.2 Å². The minimum absolute atomic E-state index is 0. The van der Waals surface area contributed by atoms with Gasteiger partial charge < -0.3 is 4.74 Å². The van der Waals surface area contributed by atoms with Crippen LogP contribution in [0.4, 0.5) is 0 Å². The predicted molar refractivity (Wildman–Crippen MR) is 159 cm³/mol. The van der Waals surface area contributed by atoms with Crippen molar-refractivity contribution < 1.29 is 4.74 Å². The average molecular weight is 546 g/mol. The molecular weight excluding hydrogens is 515 g/mol. The summed E-state index contributed by atoms with van der Waals surface area (Å²) in [5.74, 6) is 0.802. The van der Waals surface area contributed by atoms with Gasteiger partial charge in [-0.3, -0.25) is 0 Å². The Kier molecular flexibility index (Phi) is 9.54. The molecule has 0 atom stereocenters. The number of rotatable bonds is 8. The molecule has 178 valence electrons. The lowest BCUT2D eigenvalue weighted by Gasteiger charge is -2.27. The van der Waals surface area contributed by atoms with Crippen LogP contribution in [-0.2, 0) is 0 Å². The fraction of sp³-hybridized carbons (Fsp3) is 0.133. The monoisotopic (exact) mass is 545 g/mol. The van der Waals surface area contributed by atoms with Crippen LogP contribution in [0.1, 0.15) is 19.4 Å². The number of hydrogen-bond acceptors (Lipinski definition) is 3. The molecular formula is C30H31BrN2OP+. The number of benzene rings is 4. The molecule has 0 saturated carbocycles. The zero-order valence-corrected chi connectivity index (χ0v) is 22.9. The largest absolute Gasteiger partial charge is 0.496 e. The van der Waals surface area contributed by atoms with Gasteiger partial charge in [-0.1, -0.05) is 66.7 Å². The molecule has 0 aliphatic rings. The summed E-state index contributed by atoms with van der Waals surface area (Å²) >= 11 is 0. The van der Waals surface area contributed by atoms with Crippen molar-refractivity contribution in [2.45, 2.75) is 13.8 Å². The normalized spacial score (nSPS) is 12.1. The van der Waals surface area contributed by atoms with E-state index in [0.717, 1.165) is 28.9 Å². The Morgan fingerprint density at radius 1 is 0.629 bits per heavy atom. The van der Waals surface area contributed by atoms with Crippen molar-refractivity contribution in [1.82, 2.24) is 0 Å². The van der Waals surface area contributed by atoms with Gasteiger partial charge in [-0.25, -0.2) is 0 Å². The summed E-state index contributed by atoms with van der Waals surface area (Å²) in [7, 11) is -0.302. The Labute approximate surface area is 219 Å². The second-order valence-electron chi connectivity index (χ2n) is 8.20. The van der Waals surface area contributed by atoms with E-state index in [4.69, 9.17) is 9.84 Å². The molecule has 0 heterocycles. The first kappa shape index (κ1) is 26.5. The SMILES string of the molecule is Br.COc1ccccc1/C(C)=N/N=C(\C)C[P+](c1ccccc1)(c1ccccc1)c1ccccc1. The number of halogens is 1. The summed E-state index contributed by atoms with van der Waals surface area (Å²) in [6.45, 7) is 4.06. The summed E-state index contributed by atoms with van der Waals surface area (Å²) in [4.78, 5) is 0. The molecule has 5 heteroatoms. The fourth-order valence-electron chi connectivity index (χ4n) is 4.30. The van der Waals surface area contributed by atoms with E-state index in [0.29, 0.717) is 0 Å². The van der Waals surface area contributed by atoms with E-state index >= 15 is 0 Å². The van der Waals surface area contributed by atoms with Crippen molar-refractivity contribution in [3.63, 3.8) is 0 Å². The van der Waals surface area contributed by atoms with E-state index < -0.39 is 7.26 Å². The van der Waals surface area contributed by atoms with Crippen LogP contribution in [0.15, 0.2) is 125 Å². The maximum Gasteiger partial charge on any atom is 0.127 e. The van der Waals surface area contributed by atoms with Crippen LogP contribution < -0.4 is 20.7 Å². The number of nitrogens with zero attached hydrogens (tertiary/aromatic N) is 2. The van der Waals surface area contributed by atoms with Gasteiger partial charge in [-0.2, -0.15) is 10.2 Å². The van der Waals surface area contributed by atoms with Gasteiger partial charge in [0.15, 0.2) is 0 Å². The highest BCUT2D eigenvalue weighted by atomic mass is 79.9. The van der Waals surface area contributed by atoms with Crippen LogP contribution in [0, 0.1) is 0 Å². The smallest absolute Gasteiger partial charge is 0.127 e. The number of ether oxygens (including phenoxy) is 1. The van der Waals surface area contributed by atoms with Gasteiger partial charge >= 0.3 is 0 Å². The van der Waals surface area contributed by atoms with Gasteiger partial charge in [0.25, 0.3) is 0 Å². The average Bonchev–Trinajstić information content (AvgIpc) is 2.92. The van der Waals surface area contributed by atoms with Gasteiger partial charge in [0, 0.05) is 5.56 Å². The highest BCUT2D eigenvalue weighted by Gasteiger charge is 2.45. The minimum atomic E-state index is -1.98. The molecule has 0 radical (unpaired) electrons. The molecule has 4 rings (SSSR count). The Balaban J connectivity index is 0.00000342. The van der Waals surface area contributed by atoms with Crippen LogP contribution in [-0.4, -0.2) is 24.7 Å². The molecule has 0 saturated heterocycles. The third-order valence-corrected chi connectivity index (χ3v) is 10.4. The molecule has 0 aromatic heterocycles. The highest BCUT2D eigenvalue weighted by molar-refractivity contribution is 8.93. The lowest BCUT2D eigenvalue weighted by Crippen LogP contribution is -2.35. The van der Waals surface area contributed by atoms with Crippen LogP contribution in [0.5, 0.6) is 5.75 Å². The zero-order valence-electron chi connectivity index (χ0n) is 20.3. The van der Waals surface area contributed by atoms with Gasteiger partial charge in [-0.05, 0) is 62.4 Å². The lowest BCUT2D eigenvalue weighted by atomic mass is 10.1. The summed E-state index contributed by atoms with van der Waals surface area (Å²) < 4.78 is 5.50. The molecule has 0 aliphatic carbocycles. The van der Waals surface area contributed by atoms with E-state index in [2.05, 4.69) is 103 Å². The minimum Gasteiger partial charge on any atom is -0.496 e. The number of hydrogen-bond donors (Lipinski definition) is 0. The molecule has 0 aliphatic heterocycles. The Bertz CT molecular complexity index is 1180. The van der Waals surface area contributed by atoms with Crippen molar-refractivity contribution >= 4 is 51.6 Å². The summed E-state index contributed by atoms with van der Waals surface area (Å²) in [5, 5.41) is 13.3. The molecule has 35 heavy (non-hydrogen) atoms. The van der Waals surface area contributed by atoms with Crippen LogP contribution in [0.25, 0.3) is 0 Å². The fourth-order valence-corrected chi connectivity index (χ4v) is 8.54. The Morgan fingerprint density at radius 3 is 1.51 bits per heavy atom. The van der Waals surface area contributed by atoms with Crippen LogP contribution in [0.2, 0.25) is 0 Å². The quantitative estimate of drug-likeness (QED) is 0.142. The first-order chi connectivity index (χ1) is 16.6. The topological polar surface area (TPSA) is 34.0 Å². The van der Waals surface area contributed by atoms with Crippen molar-refractivity contribution in [1.29, 1.82) is 0 Å². The van der Waals surface area contributed by atoms with E-state index in [9.17, 15) is 0 Å². The molecule has 0 spiro atoms. The molecule has 0 amide bonds. The Morgan fingerprint density at radius 2 is 1.06 bits per heavy atom. The van der Waals surface area contributed by atoms with E-state index in [-0.39, 0.29) is 17.0 Å². The highest BCUT2D eigenvalue weighted by Crippen LogP contribution is 2.55. The molecule has 4 aromatic rings. The maximum atomic E-state index is 5.50. The van der Waals surface area contributed by atoms with Gasteiger partial charge in [0.05, 0.1) is 18.5 Å². The molecule has 0 unspecified atom stereocenters. The number of methoxy groups -OCH3 is 1. The molecule has 3 nitrogen and oxygen atoms in total. The van der Waals surface area contributed by atoms with Gasteiger partial charge in [-0.15, -0.1) is 17.0 Å². The van der Waals surface area contributed by atoms with Crippen LogP contribution in [0.3, 0.4) is 0 Å². The van der Waals surface area contributed by atoms with Crippen molar-refractivity contribution in [3.8, 4) is 5.75 Å². The van der Waals surface area contributed by atoms with Gasteiger partial charge in [0.1, 0.15) is 35.1 Å². The second kappa shape index (κ2) is 12.6. The first-order valence-electron chi connectivity index (χ1n) is 11.4. The van der Waals surface area contributed by atoms with Crippen molar-refractivity contribution in [3.05, 3.63) is 121 Å². The van der Waals surface area contributed by atoms with Crippen molar-refractivity contribution in [2.75, 3.05) is 13.3 Å². The summed E-state index contributed by atoms with van der Waals surface area (Å²) in [6.07, 6.45) is 0.813. The third kappa shape index (κ3) is 5.96. The summed E-state index contributed by atoms with van der Waals surface area (Å²) in [6, 6.07) is 40.5. The number of para-hydroxylation sites is 1. The predicted octanol–water partition coefficient (Wildman–Crippen LogP) is 6.45. The lowest BCUT2D eigenvalue weighted by molar-refractivity contribution is 0.414. The first-order valence-corrected chi connectivity index (χ1v) is 13.4. The van der Waals surface area contributed by atoms with Crippen LogP contribution >= 0.6 is 24.2 Å². The Hall–Kier alpha value is -3.07. The standard InChI is InChI=1S/C30H30N2OP.BrH/c1-24(31-32-25(2)29-21-13-14-22-30(29)33-3)23-34(26-15-7-4-8-16-26,27-17-9-5-10-18-27)28-19-11-6-12-20-28;/h4-22H,23H2,1-3H3;1H/q+1;/b31-24+,32-25+;. The van der Waals surface area contributed by atoms with E-state index in [1.54, 1.807) is 7.11 Å². The second-order valence-corrected chi connectivity index (χ2v) is 11.7.